The van der Waals surface area contributed by atoms with Crippen LogP contribution >= 0.6 is 0 Å². The molecule has 0 aromatic heterocycles. The Morgan fingerprint density at radius 2 is 1.47 bits per heavy atom. The Labute approximate surface area is 243 Å². The number of aliphatic hydroxyl groups excluding tert-OH is 6. The third kappa shape index (κ3) is 5.69. The lowest BCUT2D eigenvalue weighted by Crippen LogP contribution is -2.64. The second-order valence-corrected chi connectivity index (χ2v) is 10.5. The van der Waals surface area contributed by atoms with E-state index < -0.39 is 109 Å². The number of fused-ring (bicyclic) bond motifs is 1. The minimum atomic E-state index is -1.89. The highest BCUT2D eigenvalue weighted by molar-refractivity contribution is 6.05. The smallest absolute Gasteiger partial charge is 0.203 e. The number of phenolic OH excluding ortho intramolecular Hbond substituents is 4. The summed E-state index contributed by atoms with van der Waals surface area (Å²) in [6, 6.07) is 5.50. The van der Waals surface area contributed by atoms with Gasteiger partial charge in [-0.1, -0.05) is 6.07 Å². The maximum absolute atomic E-state index is 13.7. The van der Waals surface area contributed by atoms with Crippen LogP contribution in [-0.4, -0.2) is 131 Å². The van der Waals surface area contributed by atoms with Crippen LogP contribution in [0.4, 0.5) is 0 Å². The minimum absolute atomic E-state index is 0.106. The summed E-state index contributed by atoms with van der Waals surface area (Å²) in [5.74, 6) is -3.19. The summed E-state index contributed by atoms with van der Waals surface area (Å²) in [5, 5.41) is 102. The summed E-state index contributed by atoms with van der Waals surface area (Å²) in [6.07, 6.45) is -19.5. The Balaban J connectivity index is 1.45. The molecule has 0 spiro atoms. The van der Waals surface area contributed by atoms with Crippen molar-refractivity contribution >= 4 is 5.78 Å². The molecule has 10 N–H and O–H groups in total. The van der Waals surface area contributed by atoms with Crippen LogP contribution in [0.25, 0.3) is 0 Å². The number of aromatic hydroxyl groups is 4. The maximum atomic E-state index is 13.7. The van der Waals surface area contributed by atoms with Crippen LogP contribution in [0.1, 0.15) is 28.9 Å². The number of aliphatic hydroxyl groups is 6. The number of carbonyl (C=O) groups excluding carboxylic acids is 1. The Morgan fingerprint density at radius 3 is 2.14 bits per heavy atom. The van der Waals surface area contributed by atoms with E-state index >= 15 is 0 Å². The van der Waals surface area contributed by atoms with Gasteiger partial charge < -0.3 is 74.7 Å². The zero-order chi connectivity index (χ0) is 31.3. The lowest BCUT2D eigenvalue weighted by atomic mass is 9.92. The molecule has 0 radical (unpaired) electrons. The zero-order valence-corrected chi connectivity index (χ0v) is 22.4. The number of benzene rings is 2. The van der Waals surface area contributed by atoms with Gasteiger partial charge in [-0.2, -0.15) is 0 Å². The molecule has 0 bridgehead atoms. The summed E-state index contributed by atoms with van der Waals surface area (Å²) < 4.78 is 28.3. The van der Waals surface area contributed by atoms with Crippen LogP contribution in [0.5, 0.6) is 28.7 Å². The van der Waals surface area contributed by atoms with Crippen LogP contribution in [0, 0.1) is 0 Å². The van der Waals surface area contributed by atoms with Crippen LogP contribution in [0.3, 0.4) is 0 Å². The quantitative estimate of drug-likeness (QED) is 0.156. The van der Waals surface area contributed by atoms with E-state index in [-0.39, 0.29) is 16.9 Å². The van der Waals surface area contributed by atoms with Gasteiger partial charge in [0.05, 0.1) is 12.7 Å². The van der Waals surface area contributed by atoms with Gasteiger partial charge in [-0.25, -0.2) is 0 Å². The van der Waals surface area contributed by atoms with Crippen molar-refractivity contribution in [1.82, 2.24) is 0 Å². The molecular weight excluding hydrogens is 580 g/mol. The first-order valence-electron chi connectivity index (χ1n) is 13.2. The van der Waals surface area contributed by atoms with E-state index in [0.29, 0.717) is 0 Å². The highest BCUT2D eigenvalue weighted by Gasteiger charge is 2.52. The number of ether oxygens (including phenoxy) is 5. The molecule has 3 heterocycles. The average Bonchev–Trinajstić information content (AvgIpc) is 2.96. The van der Waals surface area contributed by atoms with E-state index in [1.807, 2.05) is 0 Å². The molecule has 0 aliphatic carbocycles. The van der Waals surface area contributed by atoms with Gasteiger partial charge in [-0.3, -0.25) is 4.79 Å². The van der Waals surface area contributed by atoms with Gasteiger partial charge in [0.2, 0.25) is 5.78 Å². The summed E-state index contributed by atoms with van der Waals surface area (Å²) >= 11 is 0. The molecule has 16 heteroatoms. The predicted octanol–water partition coefficient (Wildman–Crippen LogP) is -2.14. The van der Waals surface area contributed by atoms with Gasteiger partial charge in [0, 0.05) is 12.1 Å². The zero-order valence-electron chi connectivity index (χ0n) is 22.4. The second kappa shape index (κ2) is 12.0. The Hall–Kier alpha value is -3.29. The topological polar surface area (TPSA) is 266 Å². The third-order valence-corrected chi connectivity index (χ3v) is 7.63. The summed E-state index contributed by atoms with van der Waals surface area (Å²) in [5.41, 5.74) is -0.260. The van der Waals surface area contributed by atoms with Gasteiger partial charge in [0.25, 0.3) is 0 Å². The number of phenols is 4. The van der Waals surface area contributed by atoms with Crippen molar-refractivity contribution in [2.45, 2.75) is 80.5 Å². The molecule has 3 aliphatic rings. The fourth-order valence-electron chi connectivity index (χ4n) is 5.25. The van der Waals surface area contributed by atoms with E-state index in [4.69, 9.17) is 23.7 Å². The first kappa shape index (κ1) is 31.1. The van der Waals surface area contributed by atoms with E-state index in [0.717, 1.165) is 24.3 Å². The molecule has 12 atom stereocenters. The molecule has 0 saturated carbocycles. The monoisotopic (exact) mass is 612 g/mol. The number of Topliss-reactive ketones (excluding diaryl/α,β-unsaturated/α-hetero) is 1. The minimum Gasteiger partial charge on any atom is -0.508 e. The molecule has 2 fully saturated rings. The molecule has 236 valence electrons. The molecule has 16 nitrogen and oxygen atoms in total. The standard InChI is InChI=1S/C27H32O16/c1-8-17(33)24(42-26-21(37)20(36)18(34)15(7-28)41-26)22(38)27(39-8)43-25-19(35)16-13(32)5-10(29)6-14(16)40-23(25)9-2-3-11(30)12(31)4-9/h2-6,8,15,17-18,20-34,36-38H,7H2,1H3. The average molecular weight is 613 g/mol. The molecule has 2 aromatic rings. The van der Waals surface area contributed by atoms with Gasteiger partial charge in [0.15, 0.2) is 36.3 Å². The first-order chi connectivity index (χ1) is 20.3. The van der Waals surface area contributed by atoms with Gasteiger partial charge in [0.1, 0.15) is 65.5 Å². The molecule has 12 unspecified atom stereocenters. The highest BCUT2D eigenvalue weighted by atomic mass is 16.7. The van der Waals surface area contributed by atoms with E-state index in [2.05, 4.69) is 0 Å². The largest absolute Gasteiger partial charge is 0.508 e. The van der Waals surface area contributed by atoms with Gasteiger partial charge in [-0.05, 0) is 24.6 Å². The lowest BCUT2D eigenvalue weighted by molar-refractivity contribution is -0.360. The third-order valence-electron chi connectivity index (χ3n) is 7.63. The van der Waals surface area contributed by atoms with Crippen molar-refractivity contribution in [2.75, 3.05) is 6.61 Å². The molecule has 3 aliphatic heterocycles. The van der Waals surface area contributed by atoms with E-state index in [1.165, 1.54) is 13.0 Å². The first-order valence-corrected chi connectivity index (χ1v) is 13.2. The number of hydrogen-bond acceptors (Lipinski definition) is 16. The normalized spacial score (nSPS) is 37.9. The van der Waals surface area contributed by atoms with Crippen molar-refractivity contribution in [1.29, 1.82) is 0 Å². The van der Waals surface area contributed by atoms with Gasteiger partial charge in [-0.15, -0.1) is 0 Å². The molecule has 0 amide bonds. The second-order valence-electron chi connectivity index (χ2n) is 10.5. The van der Waals surface area contributed by atoms with Crippen LogP contribution in [0.2, 0.25) is 0 Å². The van der Waals surface area contributed by atoms with Gasteiger partial charge >= 0.3 is 0 Å². The Bertz CT molecular complexity index is 1330. The number of carbonyl (C=O) groups is 1. The molecular formula is C27H32O16. The summed E-state index contributed by atoms with van der Waals surface area (Å²) in [7, 11) is 0. The SMILES string of the molecule is CC1OC(OC2C(=O)c3c(O)cc(O)cc3OC2c2ccc(O)c(O)c2)C(O)C(OC2OC(CO)C(O)C(O)C2O)C1O. The highest BCUT2D eigenvalue weighted by Crippen LogP contribution is 2.44. The molecule has 43 heavy (non-hydrogen) atoms. The van der Waals surface area contributed by atoms with Crippen LogP contribution in [0.15, 0.2) is 30.3 Å². The van der Waals surface area contributed by atoms with E-state index in [9.17, 15) is 55.9 Å². The van der Waals surface area contributed by atoms with Crippen molar-refractivity contribution in [3.63, 3.8) is 0 Å². The van der Waals surface area contributed by atoms with Crippen molar-refractivity contribution in [2.24, 2.45) is 0 Å². The molecule has 2 aromatic carbocycles. The fourth-order valence-corrected chi connectivity index (χ4v) is 5.25. The van der Waals surface area contributed by atoms with Crippen molar-refractivity contribution in [3.8, 4) is 28.7 Å². The Morgan fingerprint density at radius 1 is 0.767 bits per heavy atom. The molecule has 2 saturated heterocycles. The lowest BCUT2D eigenvalue weighted by Gasteiger charge is -2.46. The Kier molecular flexibility index (Phi) is 8.70. The summed E-state index contributed by atoms with van der Waals surface area (Å²) in [4.78, 5) is 13.7. The number of hydrogen-bond donors (Lipinski definition) is 10. The van der Waals surface area contributed by atoms with Crippen LogP contribution in [-0.2, 0) is 18.9 Å². The fraction of sp³-hybridized carbons (Fsp3) is 0.519. The van der Waals surface area contributed by atoms with Crippen molar-refractivity contribution < 1.29 is 79.5 Å². The summed E-state index contributed by atoms with van der Waals surface area (Å²) in [6.45, 7) is 0.630. The number of rotatable bonds is 6. The number of ketones is 1. The van der Waals surface area contributed by atoms with E-state index in [1.54, 1.807) is 0 Å². The van der Waals surface area contributed by atoms with Crippen molar-refractivity contribution in [3.05, 3.63) is 41.5 Å². The molecule has 5 rings (SSSR count). The van der Waals surface area contributed by atoms with Crippen LogP contribution < -0.4 is 4.74 Å². The maximum Gasteiger partial charge on any atom is 0.203 e. The predicted molar refractivity (Wildman–Crippen MR) is 137 cm³/mol.